The molecule has 2 fully saturated rings. The predicted molar refractivity (Wildman–Crippen MR) is 88.6 cm³/mol. The predicted octanol–water partition coefficient (Wildman–Crippen LogP) is 2.43. The summed E-state index contributed by atoms with van der Waals surface area (Å²) in [5.41, 5.74) is 2.76. The van der Waals surface area contributed by atoms with Crippen LogP contribution >= 0.6 is 0 Å². The van der Waals surface area contributed by atoms with E-state index in [1.54, 1.807) is 0 Å². The number of nitrogens with zero attached hydrogens (tertiary/aromatic N) is 2. The van der Waals surface area contributed by atoms with Crippen LogP contribution in [0.5, 0.6) is 0 Å². The van der Waals surface area contributed by atoms with Gasteiger partial charge in [-0.25, -0.2) is 0 Å². The van der Waals surface area contributed by atoms with Gasteiger partial charge in [-0.3, -0.25) is 4.90 Å². The zero-order valence-electron chi connectivity index (χ0n) is 13.5. The number of benzene rings is 1. The van der Waals surface area contributed by atoms with E-state index in [9.17, 15) is 0 Å². The second kappa shape index (κ2) is 6.91. The lowest BCUT2D eigenvalue weighted by Gasteiger charge is -2.38. The Kier molecular flexibility index (Phi) is 4.94. The van der Waals surface area contributed by atoms with Crippen molar-refractivity contribution in [3.8, 4) is 0 Å². The fourth-order valence-electron chi connectivity index (χ4n) is 3.85. The lowest BCUT2D eigenvalue weighted by molar-refractivity contribution is 0.101. The van der Waals surface area contributed by atoms with Crippen molar-refractivity contribution in [3.05, 3.63) is 35.4 Å². The number of hydrogen-bond acceptors (Lipinski definition) is 3. The maximum atomic E-state index is 3.49. The molecule has 0 bridgehead atoms. The number of nitrogens with one attached hydrogen (secondary N) is 1. The van der Waals surface area contributed by atoms with Gasteiger partial charge >= 0.3 is 0 Å². The Hall–Kier alpha value is -0.900. The van der Waals surface area contributed by atoms with Gasteiger partial charge in [0.2, 0.25) is 0 Å². The van der Waals surface area contributed by atoms with E-state index < -0.39 is 0 Å². The molecule has 3 nitrogen and oxygen atoms in total. The third kappa shape index (κ3) is 3.65. The molecule has 0 aliphatic carbocycles. The smallest absolute Gasteiger partial charge is 0.0329 e. The Morgan fingerprint density at radius 1 is 1.19 bits per heavy atom. The van der Waals surface area contributed by atoms with E-state index in [1.165, 1.54) is 63.1 Å². The minimum absolute atomic E-state index is 0.479. The van der Waals surface area contributed by atoms with Crippen molar-refractivity contribution >= 4 is 0 Å². The van der Waals surface area contributed by atoms with Gasteiger partial charge in [-0.2, -0.15) is 0 Å². The van der Waals surface area contributed by atoms with Crippen LogP contribution in [-0.4, -0.2) is 55.6 Å². The lowest BCUT2D eigenvalue weighted by atomic mass is 10.0. The number of aryl methyl sites for hydroxylation is 1. The Morgan fingerprint density at radius 2 is 2.00 bits per heavy atom. The molecule has 2 aliphatic rings. The summed E-state index contributed by atoms with van der Waals surface area (Å²) in [4.78, 5) is 5.36. The summed E-state index contributed by atoms with van der Waals surface area (Å²) < 4.78 is 0. The highest BCUT2D eigenvalue weighted by atomic mass is 15.3. The highest BCUT2D eigenvalue weighted by Crippen LogP contribution is 2.23. The molecule has 1 aromatic rings. The minimum atomic E-state index is 0.479. The molecule has 2 saturated heterocycles. The maximum Gasteiger partial charge on any atom is 0.0329 e. The zero-order valence-corrected chi connectivity index (χ0v) is 13.5. The number of piperazine rings is 1. The van der Waals surface area contributed by atoms with Gasteiger partial charge in [0.15, 0.2) is 0 Å². The van der Waals surface area contributed by atoms with Crippen LogP contribution in [0.4, 0.5) is 0 Å². The average molecular weight is 287 g/mol. The molecule has 0 radical (unpaired) electrons. The van der Waals surface area contributed by atoms with E-state index in [-0.39, 0.29) is 0 Å². The van der Waals surface area contributed by atoms with Gasteiger partial charge in [0, 0.05) is 38.3 Å². The Labute approximate surface area is 129 Å². The SMILES string of the molecule is CNC(CCN1CCN2CCCC2C1)c1ccc(C)cc1. The molecule has 0 saturated carbocycles. The minimum Gasteiger partial charge on any atom is -0.313 e. The highest BCUT2D eigenvalue weighted by molar-refractivity contribution is 5.24. The van der Waals surface area contributed by atoms with Gasteiger partial charge in [0.1, 0.15) is 0 Å². The average Bonchev–Trinajstić information content (AvgIpc) is 2.97. The third-order valence-corrected chi connectivity index (χ3v) is 5.23. The van der Waals surface area contributed by atoms with Crippen LogP contribution in [0.3, 0.4) is 0 Å². The second-order valence-corrected chi connectivity index (χ2v) is 6.67. The van der Waals surface area contributed by atoms with Gasteiger partial charge < -0.3 is 10.2 Å². The van der Waals surface area contributed by atoms with E-state index in [0.717, 1.165) is 6.04 Å². The van der Waals surface area contributed by atoms with Crippen LogP contribution in [0.15, 0.2) is 24.3 Å². The molecule has 3 heteroatoms. The molecular weight excluding hydrogens is 258 g/mol. The monoisotopic (exact) mass is 287 g/mol. The Balaban J connectivity index is 1.52. The topological polar surface area (TPSA) is 18.5 Å². The molecule has 0 aromatic heterocycles. The molecule has 0 spiro atoms. The van der Waals surface area contributed by atoms with Crippen LogP contribution in [0.25, 0.3) is 0 Å². The van der Waals surface area contributed by atoms with E-state index in [1.807, 2.05) is 0 Å². The van der Waals surface area contributed by atoms with Crippen molar-refractivity contribution < 1.29 is 0 Å². The quantitative estimate of drug-likeness (QED) is 0.897. The maximum absolute atomic E-state index is 3.49. The third-order valence-electron chi connectivity index (χ3n) is 5.23. The summed E-state index contributed by atoms with van der Waals surface area (Å²) in [5, 5.41) is 3.49. The molecule has 2 atom stereocenters. The largest absolute Gasteiger partial charge is 0.313 e. The van der Waals surface area contributed by atoms with E-state index >= 15 is 0 Å². The van der Waals surface area contributed by atoms with Crippen LogP contribution in [0, 0.1) is 6.92 Å². The fourth-order valence-corrected chi connectivity index (χ4v) is 3.85. The van der Waals surface area contributed by atoms with Gasteiger partial charge in [-0.15, -0.1) is 0 Å². The first-order valence-corrected chi connectivity index (χ1v) is 8.46. The van der Waals surface area contributed by atoms with Crippen LogP contribution in [0.1, 0.15) is 36.4 Å². The van der Waals surface area contributed by atoms with Crippen molar-refractivity contribution in [1.29, 1.82) is 0 Å². The standard InChI is InChI=1S/C18H29N3/c1-15-5-7-16(8-6-15)18(19-2)9-11-20-12-13-21-10-3-4-17(21)14-20/h5-8,17-19H,3-4,9-14H2,1-2H3. The molecule has 0 amide bonds. The first-order valence-electron chi connectivity index (χ1n) is 8.46. The summed E-state index contributed by atoms with van der Waals surface area (Å²) in [5.74, 6) is 0. The summed E-state index contributed by atoms with van der Waals surface area (Å²) in [6.07, 6.45) is 4.01. The van der Waals surface area contributed by atoms with Gasteiger partial charge in [-0.1, -0.05) is 29.8 Å². The number of fused-ring (bicyclic) bond motifs is 1. The summed E-state index contributed by atoms with van der Waals surface area (Å²) in [6.45, 7) is 8.51. The molecule has 2 unspecified atom stereocenters. The number of hydrogen-bond donors (Lipinski definition) is 1. The summed E-state index contributed by atoms with van der Waals surface area (Å²) in [7, 11) is 2.08. The fraction of sp³-hybridized carbons (Fsp3) is 0.667. The molecule has 2 heterocycles. The second-order valence-electron chi connectivity index (χ2n) is 6.67. The van der Waals surface area contributed by atoms with Crippen LogP contribution in [-0.2, 0) is 0 Å². The van der Waals surface area contributed by atoms with Gasteiger partial charge in [0.25, 0.3) is 0 Å². The van der Waals surface area contributed by atoms with E-state index in [4.69, 9.17) is 0 Å². The van der Waals surface area contributed by atoms with Gasteiger partial charge in [-0.05, 0) is 45.3 Å². The zero-order chi connectivity index (χ0) is 14.7. The van der Waals surface area contributed by atoms with E-state index in [0.29, 0.717) is 6.04 Å². The van der Waals surface area contributed by atoms with Crippen molar-refractivity contribution in [1.82, 2.24) is 15.1 Å². The summed E-state index contributed by atoms with van der Waals surface area (Å²) in [6, 6.07) is 10.3. The first kappa shape index (κ1) is 15.0. The van der Waals surface area contributed by atoms with Gasteiger partial charge in [0.05, 0.1) is 0 Å². The van der Waals surface area contributed by atoms with Crippen molar-refractivity contribution in [2.45, 2.75) is 38.3 Å². The van der Waals surface area contributed by atoms with Crippen LogP contribution < -0.4 is 5.32 Å². The molecule has 1 aromatic carbocycles. The molecule has 3 rings (SSSR count). The molecule has 21 heavy (non-hydrogen) atoms. The summed E-state index contributed by atoms with van der Waals surface area (Å²) >= 11 is 0. The Bertz CT molecular complexity index is 442. The lowest BCUT2D eigenvalue weighted by Crippen LogP contribution is -2.50. The first-order chi connectivity index (χ1) is 10.3. The van der Waals surface area contributed by atoms with Crippen molar-refractivity contribution in [2.24, 2.45) is 0 Å². The normalized spacial score (nSPS) is 25.0. The number of rotatable bonds is 5. The van der Waals surface area contributed by atoms with Crippen LogP contribution in [0.2, 0.25) is 0 Å². The molecule has 2 aliphatic heterocycles. The Morgan fingerprint density at radius 3 is 2.76 bits per heavy atom. The molecular formula is C18H29N3. The molecule has 1 N–H and O–H groups in total. The van der Waals surface area contributed by atoms with E-state index in [2.05, 4.69) is 53.4 Å². The molecule has 116 valence electrons. The van der Waals surface area contributed by atoms with Crippen molar-refractivity contribution in [2.75, 3.05) is 39.8 Å². The van der Waals surface area contributed by atoms with Crippen molar-refractivity contribution in [3.63, 3.8) is 0 Å². The highest BCUT2D eigenvalue weighted by Gasteiger charge is 2.30.